The fourth-order valence-electron chi connectivity index (χ4n) is 2.21. The number of thiophene rings is 1. The topological polar surface area (TPSA) is 26.7 Å². The first kappa shape index (κ1) is 12.0. The molecule has 0 amide bonds. The number of piperazine rings is 1. The number of aliphatic hydroxyl groups excluding tert-OH is 1. The summed E-state index contributed by atoms with van der Waals surface area (Å²) in [6.07, 6.45) is 0.528. The minimum Gasteiger partial charge on any atom is -0.388 e. The van der Waals surface area contributed by atoms with E-state index < -0.39 is 0 Å². The predicted octanol–water partition coefficient (Wildman–Crippen LogP) is 1.42. The van der Waals surface area contributed by atoms with Crippen LogP contribution in [0.2, 0.25) is 0 Å². The van der Waals surface area contributed by atoms with E-state index in [1.54, 1.807) is 11.3 Å². The van der Waals surface area contributed by atoms with E-state index in [9.17, 15) is 5.11 Å². The van der Waals surface area contributed by atoms with Crippen LogP contribution >= 0.6 is 11.3 Å². The van der Waals surface area contributed by atoms with Crippen LogP contribution in [-0.4, -0.2) is 54.7 Å². The van der Waals surface area contributed by atoms with Crippen molar-refractivity contribution in [3.63, 3.8) is 0 Å². The van der Waals surface area contributed by atoms with Gasteiger partial charge in [-0.2, -0.15) is 0 Å². The number of hydrogen-bond acceptors (Lipinski definition) is 4. The smallest absolute Gasteiger partial charge is 0.0897 e. The average Bonchev–Trinajstić information content (AvgIpc) is 2.76. The van der Waals surface area contributed by atoms with Gasteiger partial charge in [0.15, 0.2) is 0 Å². The number of likely N-dealkylation sites (N-methyl/N-ethyl adjacent to an activating group) is 2. The molecule has 90 valence electrons. The number of hydrogen-bond donors (Lipinski definition) is 1. The van der Waals surface area contributed by atoms with E-state index in [0.717, 1.165) is 30.9 Å². The minimum atomic E-state index is -0.307. The van der Waals surface area contributed by atoms with Crippen molar-refractivity contribution in [1.82, 2.24) is 9.80 Å². The van der Waals surface area contributed by atoms with Crippen molar-refractivity contribution in [3.05, 3.63) is 22.4 Å². The Morgan fingerprint density at radius 1 is 1.50 bits per heavy atom. The van der Waals surface area contributed by atoms with Crippen LogP contribution in [0.15, 0.2) is 17.5 Å². The third-order valence-electron chi connectivity index (χ3n) is 3.35. The maximum Gasteiger partial charge on any atom is 0.0897 e. The van der Waals surface area contributed by atoms with E-state index in [1.807, 2.05) is 17.5 Å². The van der Waals surface area contributed by atoms with E-state index in [0.29, 0.717) is 6.04 Å². The van der Waals surface area contributed by atoms with Gasteiger partial charge in [-0.25, -0.2) is 0 Å². The molecule has 2 atom stereocenters. The second-order valence-electron chi connectivity index (χ2n) is 4.66. The zero-order valence-electron chi connectivity index (χ0n) is 9.97. The normalized spacial score (nSPS) is 25.8. The van der Waals surface area contributed by atoms with Crippen LogP contribution in [0, 0.1) is 0 Å². The van der Waals surface area contributed by atoms with Crippen molar-refractivity contribution in [2.45, 2.75) is 18.6 Å². The number of rotatable bonds is 3. The Kier molecular flexibility index (Phi) is 3.97. The van der Waals surface area contributed by atoms with Crippen LogP contribution in [0.4, 0.5) is 0 Å². The lowest BCUT2D eigenvalue weighted by Crippen LogP contribution is -2.50. The molecular weight excluding hydrogens is 220 g/mol. The van der Waals surface area contributed by atoms with Crippen LogP contribution < -0.4 is 0 Å². The first-order valence-electron chi connectivity index (χ1n) is 5.77. The molecule has 1 aliphatic heterocycles. The highest BCUT2D eigenvalue weighted by molar-refractivity contribution is 7.10. The highest BCUT2D eigenvalue weighted by atomic mass is 32.1. The van der Waals surface area contributed by atoms with Crippen molar-refractivity contribution < 1.29 is 5.11 Å². The Hall–Kier alpha value is -0.420. The van der Waals surface area contributed by atoms with Gasteiger partial charge >= 0.3 is 0 Å². The summed E-state index contributed by atoms with van der Waals surface area (Å²) in [6, 6.07) is 4.48. The molecule has 1 N–H and O–H groups in total. The van der Waals surface area contributed by atoms with Gasteiger partial charge in [-0.1, -0.05) is 6.07 Å². The highest BCUT2D eigenvalue weighted by Crippen LogP contribution is 2.25. The molecule has 0 radical (unpaired) electrons. The van der Waals surface area contributed by atoms with Crippen molar-refractivity contribution in [2.75, 3.05) is 33.7 Å². The van der Waals surface area contributed by atoms with Crippen molar-refractivity contribution in [3.8, 4) is 0 Å². The molecular formula is C12H20N2OS. The number of aliphatic hydroxyl groups is 1. The maximum atomic E-state index is 10.1. The number of nitrogens with zero attached hydrogens (tertiary/aromatic N) is 2. The molecule has 0 aliphatic carbocycles. The van der Waals surface area contributed by atoms with Gasteiger partial charge < -0.3 is 14.9 Å². The summed E-state index contributed by atoms with van der Waals surface area (Å²) < 4.78 is 0. The van der Waals surface area contributed by atoms with Crippen LogP contribution in [-0.2, 0) is 0 Å². The molecule has 1 fully saturated rings. The molecule has 1 aromatic rings. The first-order chi connectivity index (χ1) is 7.66. The van der Waals surface area contributed by atoms with Gasteiger partial charge in [0, 0.05) is 30.6 Å². The molecule has 4 heteroatoms. The molecule has 1 aliphatic rings. The molecule has 0 saturated carbocycles. The van der Waals surface area contributed by atoms with Gasteiger partial charge in [-0.05, 0) is 32.0 Å². The molecule has 1 saturated heterocycles. The van der Waals surface area contributed by atoms with E-state index in [1.165, 1.54) is 0 Å². The second kappa shape index (κ2) is 5.27. The zero-order chi connectivity index (χ0) is 11.5. The van der Waals surface area contributed by atoms with E-state index in [-0.39, 0.29) is 6.10 Å². The lowest BCUT2D eigenvalue weighted by atomic mass is 10.0. The van der Waals surface area contributed by atoms with Crippen molar-refractivity contribution >= 4 is 11.3 Å². The molecule has 1 aromatic heterocycles. The third-order valence-corrected chi connectivity index (χ3v) is 4.32. The molecule has 2 unspecified atom stereocenters. The van der Waals surface area contributed by atoms with E-state index >= 15 is 0 Å². The van der Waals surface area contributed by atoms with Crippen LogP contribution in [0.3, 0.4) is 0 Å². The Morgan fingerprint density at radius 2 is 2.31 bits per heavy atom. The SMILES string of the molecule is CN1CCN(C)C(CC(O)c2cccs2)C1. The molecule has 16 heavy (non-hydrogen) atoms. The Morgan fingerprint density at radius 3 is 3.00 bits per heavy atom. The molecule has 2 rings (SSSR count). The third kappa shape index (κ3) is 2.83. The van der Waals surface area contributed by atoms with E-state index in [4.69, 9.17) is 0 Å². The van der Waals surface area contributed by atoms with Gasteiger partial charge in [0.1, 0.15) is 0 Å². The fourth-order valence-corrected chi connectivity index (χ4v) is 2.94. The van der Waals surface area contributed by atoms with Crippen molar-refractivity contribution in [2.24, 2.45) is 0 Å². The summed E-state index contributed by atoms with van der Waals surface area (Å²) >= 11 is 1.64. The quantitative estimate of drug-likeness (QED) is 0.865. The maximum absolute atomic E-state index is 10.1. The summed E-state index contributed by atoms with van der Waals surface area (Å²) in [5.41, 5.74) is 0. The Labute approximate surface area is 101 Å². The van der Waals surface area contributed by atoms with Crippen LogP contribution in [0.25, 0.3) is 0 Å². The van der Waals surface area contributed by atoms with Gasteiger partial charge in [-0.15, -0.1) is 11.3 Å². The molecule has 0 spiro atoms. The zero-order valence-corrected chi connectivity index (χ0v) is 10.8. The van der Waals surface area contributed by atoms with Crippen molar-refractivity contribution in [1.29, 1.82) is 0 Å². The fraction of sp³-hybridized carbons (Fsp3) is 0.667. The lowest BCUT2D eigenvalue weighted by molar-refractivity contribution is 0.0647. The van der Waals surface area contributed by atoms with Gasteiger partial charge in [-0.3, -0.25) is 0 Å². The monoisotopic (exact) mass is 240 g/mol. The van der Waals surface area contributed by atoms with Gasteiger partial charge in [0.2, 0.25) is 0 Å². The molecule has 3 nitrogen and oxygen atoms in total. The second-order valence-corrected chi connectivity index (χ2v) is 5.64. The highest BCUT2D eigenvalue weighted by Gasteiger charge is 2.25. The van der Waals surface area contributed by atoms with Crippen LogP contribution in [0.1, 0.15) is 17.4 Å². The largest absolute Gasteiger partial charge is 0.388 e. The van der Waals surface area contributed by atoms with Gasteiger partial charge in [0.25, 0.3) is 0 Å². The summed E-state index contributed by atoms with van der Waals surface area (Å²) in [7, 11) is 4.30. The molecule has 2 heterocycles. The molecule has 0 aromatic carbocycles. The minimum absolute atomic E-state index is 0.307. The lowest BCUT2D eigenvalue weighted by Gasteiger charge is -2.38. The Bertz CT molecular complexity index is 315. The summed E-state index contributed by atoms with van der Waals surface area (Å²) in [6.45, 7) is 3.28. The summed E-state index contributed by atoms with van der Waals surface area (Å²) in [5, 5.41) is 12.2. The van der Waals surface area contributed by atoms with E-state index in [2.05, 4.69) is 23.9 Å². The Balaban J connectivity index is 1.93. The standard InChI is InChI=1S/C12H20N2OS/c1-13-5-6-14(2)10(9-13)8-11(15)12-4-3-7-16-12/h3-4,7,10-11,15H,5-6,8-9H2,1-2H3. The molecule has 0 bridgehead atoms. The summed E-state index contributed by atoms with van der Waals surface area (Å²) in [4.78, 5) is 5.78. The first-order valence-corrected chi connectivity index (χ1v) is 6.65. The van der Waals surface area contributed by atoms with Crippen LogP contribution in [0.5, 0.6) is 0 Å². The summed E-state index contributed by atoms with van der Waals surface area (Å²) in [5.74, 6) is 0. The average molecular weight is 240 g/mol. The van der Waals surface area contributed by atoms with Gasteiger partial charge in [0.05, 0.1) is 6.10 Å². The predicted molar refractivity (Wildman–Crippen MR) is 67.8 cm³/mol.